The van der Waals surface area contributed by atoms with Gasteiger partial charge in [-0.2, -0.15) is 0 Å². The fourth-order valence-electron chi connectivity index (χ4n) is 4.24. The third-order valence-corrected chi connectivity index (χ3v) is 5.85. The lowest BCUT2D eigenvalue weighted by atomic mass is 10.0. The Morgan fingerprint density at radius 3 is 2.57 bits per heavy atom. The van der Waals surface area contributed by atoms with Gasteiger partial charge in [-0.1, -0.05) is 67.4 Å². The first-order valence-corrected chi connectivity index (χ1v) is 10.8. The van der Waals surface area contributed by atoms with Gasteiger partial charge < -0.3 is 9.30 Å². The zero-order valence-electron chi connectivity index (χ0n) is 18.1. The second-order valence-electron chi connectivity index (χ2n) is 7.76. The van der Waals surface area contributed by atoms with Crippen molar-refractivity contribution in [3.63, 3.8) is 0 Å². The van der Waals surface area contributed by atoms with Crippen LogP contribution in [0, 0.1) is 6.92 Å². The predicted octanol–water partition coefficient (Wildman–Crippen LogP) is 5.63. The Kier molecular flexibility index (Phi) is 6.29. The van der Waals surface area contributed by atoms with Gasteiger partial charge in [-0.15, -0.1) is 5.10 Å². The summed E-state index contributed by atoms with van der Waals surface area (Å²) >= 11 is 0. The van der Waals surface area contributed by atoms with E-state index in [-0.39, 0.29) is 6.04 Å². The smallest absolute Gasteiger partial charge is 0.113 e. The molecule has 30 heavy (non-hydrogen) atoms. The molecule has 0 spiro atoms. The molecule has 2 heterocycles. The average Bonchev–Trinajstić information content (AvgIpc) is 3.35. The molecule has 1 unspecified atom stereocenters. The molecule has 0 radical (unpaired) electrons. The van der Waals surface area contributed by atoms with Gasteiger partial charge in [0.05, 0.1) is 18.2 Å². The highest BCUT2D eigenvalue weighted by atomic mass is 16.5. The van der Waals surface area contributed by atoms with E-state index >= 15 is 0 Å². The van der Waals surface area contributed by atoms with Gasteiger partial charge in [-0.25, -0.2) is 4.68 Å². The summed E-state index contributed by atoms with van der Waals surface area (Å²) < 4.78 is 9.95. The van der Waals surface area contributed by atoms with Gasteiger partial charge in [0.15, 0.2) is 0 Å². The van der Waals surface area contributed by atoms with Crippen molar-refractivity contribution in [2.45, 2.75) is 45.7 Å². The number of fused-ring (bicyclic) bond motifs is 1. The SMILES string of the molecule is CCCCC(c1cc(-c2ccccc2)c(C)n1CCOC)n1nnc2ccccc21. The van der Waals surface area contributed by atoms with Crippen molar-refractivity contribution in [2.75, 3.05) is 13.7 Å². The van der Waals surface area contributed by atoms with Crippen LogP contribution in [0.4, 0.5) is 0 Å². The minimum Gasteiger partial charge on any atom is -0.383 e. The van der Waals surface area contributed by atoms with Gasteiger partial charge in [0.2, 0.25) is 0 Å². The Balaban J connectivity index is 1.87. The minimum absolute atomic E-state index is 0.130. The number of rotatable bonds is 9. The molecule has 0 bridgehead atoms. The largest absolute Gasteiger partial charge is 0.383 e. The third-order valence-electron chi connectivity index (χ3n) is 5.85. The first-order chi connectivity index (χ1) is 14.7. The van der Waals surface area contributed by atoms with Crippen molar-refractivity contribution in [3.05, 3.63) is 72.1 Å². The number of aromatic nitrogens is 4. The maximum Gasteiger partial charge on any atom is 0.113 e. The molecular formula is C25H30N4O. The van der Waals surface area contributed by atoms with Gasteiger partial charge in [-0.05, 0) is 37.1 Å². The van der Waals surface area contributed by atoms with E-state index in [4.69, 9.17) is 4.74 Å². The number of benzene rings is 2. The molecule has 0 amide bonds. The van der Waals surface area contributed by atoms with E-state index in [0.29, 0.717) is 6.61 Å². The van der Waals surface area contributed by atoms with Crippen LogP contribution >= 0.6 is 0 Å². The van der Waals surface area contributed by atoms with Crippen molar-refractivity contribution in [3.8, 4) is 11.1 Å². The normalized spacial score (nSPS) is 12.5. The van der Waals surface area contributed by atoms with Gasteiger partial charge in [0.25, 0.3) is 0 Å². The molecule has 0 aliphatic rings. The summed E-state index contributed by atoms with van der Waals surface area (Å²) in [6, 6.07) is 21.3. The maximum atomic E-state index is 5.44. The second kappa shape index (κ2) is 9.26. The Labute approximate surface area is 178 Å². The minimum atomic E-state index is 0.130. The van der Waals surface area contributed by atoms with E-state index in [2.05, 4.69) is 81.9 Å². The summed E-state index contributed by atoms with van der Waals surface area (Å²) in [4.78, 5) is 0. The van der Waals surface area contributed by atoms with Crippen LogP contribution in [0.1, 0.15) is 43.6 Å². The van der Waals surface area contributed by atoms with Crippen molar-refractivity contribution < 1.29 is 4.74 Å². The second-order valence-corrected chi connectivity index (χ2v) is 7.76. The summed E-state index contributed by atoms with van der Waals surface area (Å²) in [5.74, 6) is 0. The third kappa shape index (κ3) is 3.90. The number of hydrogen-bond donors (Lipinski definition) is 0. The van der Waals surface area contributed by atoms with Gasteiger partial charge >= 0.3 is 0 Å². The molecule has 1 atom stereocenters. The zero-order valence-corrected chi connectivity index (χ0v) is 18.1. The number of unbranched alkanes of at least 4 members (excludes halogenated alkanes) is 1. The molecule has 4 aromatic rings. The zero-order chi connectivity index (χ0) is 20.9. The Hall–Kier alpha value is -2.92. The highest BCUT2D eigenvalue weighted by molar-refractivity contribution is 5.74. The molecule has 2 aromatic carbocycles. The molecule has 0 N–H and O–H groups in total. The van der Waals surface area contributed by atoms with Crippen LogP contribution in [0.25, 0.3) is 22.2 Å². The van der Waals surface area contributed by atoms with Crippen LogP contribution in [0.15, 0.2) is 60.7 Å². The molecule has 0 fully saturated rings. The maximum absolute atomic E-state index is 5.44. The van der Waals surface area contributed by atoms with Gasteiger partial charge in [0.1, 0.15) is 5.52 Å². The van der Waals surface area contributed by atoms with Crippen LogP contribution < -0.4 is 0 Å². The lowest BCUT2D eigenvalue weighted by Crippen LogP contribution is -2.19. The number of ether oxygens (including phenoxy) is 1. The van der Waals surface area contributed by atoms with Crippen LogP contribution in [0.5, 0.6) is 0 Å². The summed E-state index contributed by atoms with van der Waals surface area (Å²) in [5.41, 5.74) is 7.07. The summed E-state index contributed by atoms with van der Waals surface area (Å²) in [5, 5.41) is 9.01. The topological polar surface area (TPSA) is 44.9 Å². The van der Waals surface area contributed by atoms with Gasteiger partial charge in [0, 0.05) is 30.6 Å². The van der Waals surface area contributed by atoms with E-state index in [9.17, 15) is 0 Å². The molecule has 156 valence electrons. The number of para-hydroxylation sites is 1. The van der Waals surface area contributed by atoms with E-state index in [1.54, 1.807) is 7.11 Å². The molecule has 0 aliphatic heterocycles. The number of nitrogens with zero attached hydrogens (tertiary/aromatic N) is 4. The predicted molar refractivity (Wildman–Crippen MR) is 122 cm³/mol. The Morgan fingerprint density at radius 2 is 1.80 bits per heavy atom. The van der Waals surface area contributed by atoms with Crippen molar-refractivity contribution >= 4 is 11.0 Å². The highest BCUT2D eigenvalue weighted by Gasteiger charge is 2.24. The van der Waals surface area contributed by atoms with Crippen LogP contribution in [0.2, 0.25) is 0 Å². The molecule has 0 saturated heterocycles. The highest BCUT2D eigenvalue weighted by Crippen LogP contribution is 2.34. The summed E-state index contributed by atoms with van der Waals surface area (Å²) in [6.07, 6.45) is 3.30. The summed E-state index contributed by atoms with van der Waals surface area (Å²) in [7, 11) is 1.76. The summed E-state index contributed by atoms with van der Waals surface area (Å²) in [6.45, 7) is 5.94. The van der Waals surface area contributed by atoms with E-state index < -0.39 is 0 Å². The van der Waals surface area contributed by atoms with E-state index in [1.165, 1.54) is 22.5 Å². The fraction of sp³-hybridized carbons (Fsp3) is 0.360. The van der Waals surface area contributed by atoms with Crippen molar-refractivity contribution in [2.24, 2.45) is 0 Å². The fourth-order valence-corrected chi connectivity index (χ4v) is 4.24. The molecule has 5 nitrogen and oxygen atoms in total. The van der Waals surface area contributed by atoms with Gasteiger partial charge in [-0.3, -0.25) is 0 Å². The first-order valence-electron chi connectivity index (χ1n) is 10.8. The van der Waals surface area contributed by atoms with Crippen molar-refractivity contribution in [1.29, 1.82) is 0 Å². The molecular weight excluding hydrogens is 372 g/mol. The average molecular weight is 403 g/mol. The Morgan fingerprint density at radius 1 is 1.03 bits per heavy atom. The first kappa shape index (κ1) is 20.4. The lowest BCUT2D eigenvalue weighted by Gasteiger charge is -2.21. The lowest BCUT2D eigenvalue weighted by molar-refractivity contribution is 0.185. The van der Waals surface area contributed by atoms with E-state index in [1.807, 2.05) is 12.1 Å². The van der Waals surface area contributed by atoms with Crippen LogP contribution in [0.3, 0.4) is 0 Å². The Bertz CT molecular complexity index is 1100. The molecule has 0 saturated carbocycles. The quantitative estimate of drug-likeness (QED) is 0.364. The molecule has 2 aromatic heterocycles. The van der Waals surface area contributed by atoms with Crippen LogP contribution in [-0.4, -0.2) is 33.3 Å². The van der Waals surface area contributed by atoms with Crippen LogP contribution in [-0.2, 0) is 11.3 Å². The molecule has 4 rings (SSSR count). The van der Waals surface area contributed by atoms with E-state index in [0.717, 1.165) is 36.8 Å². The standard InChI is InChI=1S/C25H30N4O/c1-4-5-14-24(29-23-15-10-9-13-22(23)26-27-29)25-18-21(20-11-7-6-8-12-20)19(2)28(25)16-17-30-3/h6-13,15,18,24H,4-5,14,16-17H2,1-3H3. The monoisotopic (exact) mass is 402 g/mol. The number of methoxy groups -OCH3 is 1. The number of hydrogen-bond acceptors (Lipinski definition) is 3. The van der Waals surface area contributed by atoms with Crippen molar-refractivity contribution in [1.82, 2.24) is 19.6 Å². The molecule has 0 aliphatic carbocycles. The molecule has 5 heteroatoms.